The highest BCUT2D eigenvalue weighted by molar-refractivity contribution is 5.90. The Balaban J connectivity index is 1.56. The molecule has 5 heteroatoms. The zero-order valence-corrected chi connectivity index (χ0v) is 19.9. The average molecular weight is 453 g/mol. The highest BCUT2D eigenvalue weighted by Gasteiger charge is 2.70. The van der Waals surface area contributed by atoms with Crippen molar-refractivity contribution in [2.24, 2.45) is 28.6 Å². The Bertz CT molecular complexity index is 985. The summed E-state index contributed by atoms with van der Waals surface area (Å²) in [5, 5.41) is 22.0. The fourth-order valence-electron chi connectivity index (χ4n) is 8.13. The summed E-state index contributed by atoms with van der Waals surface area (Å²) in [6.45, 7) is 5.77. The Hall–Kier alpha value is -1.98. The minimum atomic E-state index is -1.49. The number of allylic oxidation sites excluding steroid dienone is 1. The van der Waals surface area contributed by atoms with E-state index < -0.39 is 23.1 Å². The molecular formula is C28H36O5. The number of ether oxygens (including phenoxy) is 1. The second kappa shape index (κ2) is 7.78. The number of fused-ring (bicyclic) bond motifs is 5. The van der Waals surface area contributed by atoms with Gasteiger partial charge >= 0.3 is 5.97 Å². The Morgan fingerprint density at radius 2 is 1.79 bits per heavy atom. The van der Waals surface area contributed by atoms with E-state index in [2.05, 4.69) is 13.0 Å². The third kappa shape index (κ3) is 3.19. The fraction of sp³-hybridized carbons (Fsp3) is 0.643. The number of hydrogen-bond acceptors (Lipinski definition) is 5. The van der Waals surface area contributed by atoms with E-state index in [1.165, 1.54) is 12.5 Å². The molecule has 4 aliphatic carbocycles. The largest absolute Gasteiger partial charge is 0.458 e. The second-order valence-corrected chi connectivity index (χ2v) is 11.4. The molecule has 33 heavy (non-hydrogen) atoms. The second-order valence-electron chi connectivity index (χ2n) is 11.4. The van der Waals surface area contributed by atoms with Gasteiger partial charge in [0, 0.05) is 5.41 Å². The lowest BCUT2D eigenvalue weighted by molar-refractivity contribution is -0.191. The lowest BCUT2D eigenvalue weighted by atomic mass is 9.46. The molecule has 0 heterocycles. The van der Waals surface area contributed by atoms with Crippen LogP contribution in [0.4, 0.5) is 0 Å². The van der Waals surface area contributed by atoms with Gasteiger partial charge in [0.15, 0.2) is 5.78 Å². The fourth-order valence-corrected chi connectivity index (χ4v) is 8.13. The van der Waals surface area contributed by atoms with Crippen molar-refractivity contribution in [1.29, 1.82) is 0 Å². The van der Waals surface area contributed by atoms with Crippen molar-refractivity contribution in [3.8, 4) is 0 Å². The predicted molar refractivity (Wildman–Crippen MR) is 124 cm³/mol. The number of hydrogen-bond donors (Lipinski definition) is 2. The summed E-state index contributed by atoms with van der Waals surface area (Å²) in [7, 11) is 0. The molecule has 1 aromatic rings. The van der Waals surface area contributed by atoms with Gasteiger partial charge in [0.25, 0.3) is 0 Å². The standard InChI is InChI=1S/C28H36O5/c1-17(29)28(32)14-12-22-21-10-9-19-15-20(30)11-13-26(19,2)23(21)16-24(27(22,28)3)33-25(31)18-7-5-4-6-8-18/h4-9,20-24,30,32H,10-16H2,1-3H3/t20-,21-,22+,23-,24+,26-,27+,28+/m0/s1. The molecule has 0 aromatic heterocycles. The number of esters is 1. The van der Waals surface area contributed by atoms with Crippen molar-refractivity contribution >= 4 is 11.8 Å². The molecule has 178 valence electrons. The van der Waals surface area contributed by atoms with E-state index in [1.807, 2.05) is 25.1 Å². The lowest BCUT2D eigenvalue weighted by Crippen LogP contribution is -2.63. The van der Waals surface area contributed by atoms with Crippen LogP contribution >= 0.6 is 0 Å². The number of benzene rings is 1. The zero-order chi connectivity index (χ0) is 23.6. The molecule has 8 atom stereocenters. The number of ketones is 1. The van der Waals surface area contributed by atoms with Gasteiger partial charge in [-0.25, -0.2) is 4.79 Å². The third-order valence-electron chi connectivity index (χ3n) is 10.1. The molecule has 0 unspecified atom stereocenters. The van der Waals surface area contributed by atoms with Gasteiger partial charge < -0.3 is 14.9 Å². The van der Waals surface area contributed by atoms with Gasteiger partial charge in [-0.15, -0.1) is 0 Å². The molecule has 1 aromatic carbocycles. The van der Waals surface area contributed by atoms with E-state index in [9.17, 15) is 19.8 Å². The minimum Gasteiger partial charge on any atom is -0.458 e. The van der Waals surface area contributed by atoms with Crippen molar-refractivity contribution in [3.63, 3.8) is 0 Å². The maximum Gasteiger partial charge on any atom is 0.338 e. The summed E-state index contributed by atoms with van der Waals surface area (Å²) >= 11 is 0. The topological polar surface area (TPSA) is 83.8 Å². The van der Waals surface area contributed by atoms with Crippen LogP contribution in [-0.4, -0.2) is 39.8 Å². The number of aliphatic hydroxyl groups excluding tert-OH is 1. The molecule has 5 rings (SSSR count). The maximum atomic E-state index is 13.2. The highest BCUT2D eigenvalue weighted by Crippen LogP contribution is 2.67. The van der Waals surface area contributed by atoms with E-state index in [0.717, 1.165) is 25.7 Å². The van der Waals surface area contributed by atoms with E-state index in [-0.39, 0.29) is 23.2 Å². The van der Waals surface area contributed by atoms with Crippen molar-refractivity contribution < 1.29 is 24.5 Å². The van der Waals surface area contributed by atoms with Crippen LogP contribution in [0.3, 0.4) is 0 Å². The number of Topliss-reactive ketones (excluding diaryl/α,β-unsaturated/α-hetero) is 1. The molecule has 0 spiro atoms. The van der Waals surface area contributed by atoms with Crippen LogP contribution in [0.5, 0.6) is 0 Å². The first-order valence-electron chi connectivity index (χ1n) is 12.5. The van der Waals surface area contributed by atoms with Crippen LogP contribution in [0.25, 0.3) is 0 Å². The van der Waals surface area contributed by atoms with E-state index in [0.29, 0.717) is 36.7 Å². The first kappa shape index (κ1) is 22.8. The SMILES string of the molecule is CC(=O)[C@]1(O)CC[C@@H]2[C@@H]3CC=C4C[C@@H](O)CC[C@]4(C)[C@H]3C[C@@H](OC(=O)c3ccccc3)[C@@]21C. The third-order valence-corrected chi connectivity index (χ3v) is 10.1. The number of aliphatic hydroxyl groups is 2. The molecular weight excluding hydrogens is 416 g/mol. The summed E-state index contributed by atoms with van der Waals surface area (Å²) in [4.78, 5) is 25.9. The van der Waals surface area contributed by atoms with Gasteiger partial charge in [-0.1, -0.05) is 43.7 Å². The van der Waals surface area contributed by atoms with E-state index in [4.69, 9.17) is 4.74 Å². The van der Waals surface area contributed by atoms with Crippen molar-refractivity contribution in [1.82, 2.24) is 0 Å². The molecule has 0 amide bonds. The van der Waals surface area contributed by atoms with Gasteiger partial charge in [0.2, 0.25) is 0 Å². The van der Waals surface area contributed by atoms with Crippen molar-refractivity contribution in [2.45, 2.75) is 83.5 Å². The van der Waals surface area contributed by atoms with Gasteiger partial charge in [0.1, 0.15) is 11.7 Å². The Morgan fingerprint density at radius 3 is 2.48 bits per heavy atom. The normalized spacial score (nSPS) is 44.2. The molecule has 0 saturated heterocycles. The van der Waals surface area contributed by atoms with Crippen LogP contribution in [0.1, 0.15) is 76.1 Å². The molecule has 4 aliphatic rings. The van der Waals surface area contributed by atoms with Crippen LogP contribution in [-0.2, 0) is 9.53 Å². The monoisotopic (exact) mass is 452 g/mol. The van der Waals surface area contributed by atoms with Gasteiger partial charge in [-0.3, -0.25) is 4.79 Å². The molecule has 0 radical (unpaired) electrons. The van der Waals surface area contributed by atoms with Crippen LogP contribution < -0.4 is 0 Å². The molecule has 2 N–H and O–H groups in total. The highest BCUT2D eigenvalue weighted by atomic mass is 16.5. The minimum absolute atomic E-state index is 0.0438. The Morgan fingerprint density at radius 1 is 1.06 bits per heavy atom. The Labute approximate surface area is 196 Å². The molecule has 0 bridgehead atoms. The number of carbonyl (C=O) groups excluding carboxylic acids is 2. The van der Waals surface area contributed by atoms with Gasteiger partial charge in [-0.2, -0.15) is 0 Å². The van der Waals surface area contributed by atoms with E-state index >= 15 is 0 Å². The van der Waals surface area contributed by atoms with Gasteiger partial charge in [-0.05, 0) is 87.2 Å². The van der Waals surface area contributed by atoms with Gasteiger partial charge in [0.05, 0.1) is 11.7 Å². The summed E-state index contributed by atoms with van der Waals surface area (Å²) in [6, 6.07) is 8.97. The summed E-state index contributed by atoms with van der Waals surface area (Å²) < 4.78 is 6.21. The molecule has 5 nitrogen and oxygen atoms in total. The quantitative estimate of drug-likeness (QED) is 0.522. The predicted octanol–water partition coefficient (Wildman–Crippen LogP) is 4.47. The zero-order valence-electron chi connectivity index (χ0n) is 19.9. The first-order chi connectivity index (χ1) is 15.6. The summed E-state index contributed by atoms with van der Waals surface area (Å²) in [6.07, 6.45) is 6.62. The van der Waals surface area contributed by atoms with Crippen molar-refractivity contribution in [2.75, 3.05) is 0 Å². The lowest BCUT2D eigenvalue weighted by Gasteiger charge is -2.60. The van der Waals surface area contributed by atoms with Crippen LogP contribution in [0.2, 0.25) is 0 Å². The van der Waals surface area contributed by atoms with Crippen LogP contribution in [0.15, 0.2) is 42.0 Å². The first-order valence-corrected chi connectivity index (χ1v) is 12.5. The van der Waals surface area contributed by atoms with Crippen LogP contribution in [0, 0.1) is 28.6 Å². The van der Waals surface area contributed by atoms with E-state index in [1.54, 1.807) is 12.1 Å². The number of rotatable bonds is 3. The summed E-state index contributed by atoms with van der Waals surface area (Å²) in [5.74, 6) is 0.101. The molecule has 3 fully saturated rings. The Kier molecular flexibility index (Phi) is 5.37. The van der Waals surface area contributed by atoms with Crippen molar-refractivity contribution in [3.05, 3.63) is 47.5 Å². The smallest absolute Gasteiger partial charge is 0.338 e. The molecule has 3 saturated carbocycles. The maximum absolute atomic E-state index is 13.2. The molecule has 0 aliphatic heterocycles. The number of carbonyl (C=O) groups is 2. The summed E-state index contributed by atoms with van der Waals surface area (Å²) in [5.41, 5.74) is -0.532. The average Bonchev–Trinajstić information content (AvgIpc) is 3.08.